The van der Waals surface area contributed by atoms with Gasteiger partial charge in [-0.05, 0) is 30.5 Å². The molecule has 0 atom stereocenters. The molecule has 0 unspecified atom stereocenters. The van der Waals surface area contributed by atoms with Gasteiger partial charge in [-0.15, -0.1) is 0 Å². The normalized spacial score (nSPS) is 19.6. The molecule has 92 valence electrons. The minimum Gasteiger partial charge on any atom is -0.481 e. The highest BCUT2D eigenvalue weighted by Crippen LogP contribution is 2.38. The molecule has 17 heavy (non-hydrogen) atoms. The second-order valence-corrected chi connectivity index (χ2v) is 4.81. The van der Waals surface area contributed by atoms with Crippen molar-refractivity contribution in [3.8, 4) is 0 Å². The van der Waals surface area contributed by atoms with Gasteiger partial charge in [0.1, 0.15) is 5.82 Å². The molecule has 1 aromatic rings. The van der Waals surface area contributed by atoms with Crippen LogP contribution in [0, 0.1) is 5.82 Å². The van der Waals surface area contributed by atoms with Gasteiger partial charge in [-0.2, -0.15) is 0 Å². The zero-order valence-electron chi connectivity index (χ0n) is 9.79. The summed E-state index contributed by atoms with van der Waals surface area (Å²) < 4.78 is 12.9. The quantitative estimate of drug-likeness (QED) is 0.798. The van der Waals surface area contributed by atoms with E-state index in [1.54, 1.807) is 12.1 Å². The van der Waals surface area contributed by atoms with Crippen LogP contribution >= 0.6 is 0 Å². The van der Waals surface area contributed by atoms with Crippen LogP contribution in [-0.4, -0.2) is 11.1 Å². The molecule has 1 fully saturated rings. The van der Waals surface area contributed by atoms with Crippen molar-refractivity contribution in [3.05, 3.63) is 35.6 Å². The van der Waals surface area contributed by atoms with Gasteiger partial charge in [0, 0.05) is 0 Å². The summed E-state index contributed by atoms with van der Waals surface area (Å²) in [6.07, 6.45) is 5.38. The van der Waals surface area contributed by atoms with Crippen molar-refractivity contribution in [1.82, 2.24) is 0 Å². The minimum absolute atomic E-state index is 0.317. The molecular weight excluding hydrogens is 219 g/mol. The monoisotopic (exact) mass is 236 g/mol. The molecule has 1 aliphatic rings. The zero-order chi connectivity index (χ0) is 12.3. The van der Waals surface area contributed by atoms with Crippen molar-refractivity contribution in [2.75, 3.05) is 0 Å². The molecule has 0 heterocycles. The molecule has 1 aromatic carbocycles. The number of aliphatic carboxylic acids is 1. The Morgan fingerprint density at radius 3 is 2.06 bits per heavy atom. The average Bonchev–Trinajstić information content (AvgIpc) is 2.56. The Kier molecular flexibility index (Phi) is 3.46. The molecule has 2 rings (SSSR count). The summed E-state index contributed by atoms with van der Waals surface area (Å²) in [4.78, 5) is 11.6. The molecule has 0 amide bonds. The lowest BCUT2D eigenvalue weighted by atomic mass is 9.74. The van der Waals surface area contributed by atoms with E-state index < -0.39 is 11.4 Å². The van der Waals surface area contributed by atoms with E-state index in [0.717, 1.165) is 31.2 Å². The number of rotatable bonds is 2. The van der Waals surface area contributed by atoms with Gasteiger partial charge < -0.3 is 5.11 Å². The fraction of sp³-hybridized carbons (Fsp3) is 0.500. The van der Waals surface area contributed by atoms with Crippen LogP contribution in [0.5, 0.6) is 0 Å². The Hall–Kier alpha value is -1.38. The van der Waals surface area contributed by atoms with Crippen LogP contribution in [0.3, 0.4) is 0 Å². The molecule has 0 aromatic heterocycles. The molecule has 1 saturated carbocycles. The van der Waals surface area contributed by atoms with Crippen LogP contribution in [-0.2, 0) is 10.2 Å². The Bertz CT molecular complexity index is 389. The standard InChI is InChI=1S/C14H17FO2/c15-12-7-5-11(6-8-12)14(13(16)17)9-3-1-2-4-10-14/h5-8H,1-4,9-10H2,(H,16,17). The summed E-state index contributed by atoms with van der Waals surface area (Å²) in [6, 6.07) is 5.94. The fourth-order valence-corrected chi connectivity index (χ4v) is 2.73. The summed E-state index contributed by atoms with van der Waals surface area (Å²) >= 11 is 0. The van der Waals surface area contributed by atoms with Crippen LogP contribution in [0.15, 0.2) is 24.3 Å². The van der Waals surface area contributed by atoms with Gasteiger partial charge in [0.15, 0.2) is 0 Å². The Morgan fingerprint density at radius 2 is 1.59 bits per heavy atom. The van der Waals surface area contributed by atoms with Crippen molar-refractivity contribution in [2.45, 2.75) is 43.9 Å². The molecule has 0 bridgehead atoms. The van der Waals surface area contributed by atoms with E-state index >= 15 is 0 Å². The van der Waals surface area contributed by atoms with E-state index in [2.05, 4.69) is 0 Å². The summed E-state index contributed by atoms with van der Waals surface area (Å²) in [5.74, 6) is -1.09. The highest BCUT2D eigenvalue weighted by Gasteiger charge is 2.40. The second-order valence-electron chi connectivity index (χ2n) is 4.81. The lowest BCUT2D eigenvalue weighted by Gasteiger charge is -2.28. The predicted molar refractivity (Wildman–Crippen MR) is 63.4 cm³/mol. The first-order valence-electron chi connectivity index (χ1n) is 6.15. The maximum atomic E-state index is 12.9. The van der Waals surface area contributed by atoms with Gasteiger partial charge in [0.25, 0.3) is 0 Å². The molecule has 1 aliphatic carbocycles. The number of carboxylic acids is 1. The van der Waals surface area contributed by atoms with E-state index in [1.807, 2.05) is 0 Å². The van der Waals surface area contributed by atoms with E-state index in [9.17, 15) is 14.3 Å². The first kappa shape index (κ1) is 12.1. The Balaban J connectivity index is 2.39. The number of benzene rings is 1. The first-order valence-corrected chi connectivity index (χ1v) is 6.15. The predicted octanol–water partition coefficient (Wildman–Crippen LogP) is 3.50. The second kappa shape index (κ2) is 4.86. The molecule has 3 heteroatoms. The molecule has 2 nitrogen and oxygen atoms in total. The number of carbonyl (C=O) groups is 1. The number of carboxylic acid groups (broad SMARTS) is 1. The summed E-state index contributed by atoms with van der Waals surface area (Å²) in [5, 5.41) is 9.54. The molecule has 0 spiro atoms. The largest absolute Gasteiger partial charge is 0.481 e. The first-order chi connectivity index (χ1) is 8.15. The van der Waals surface area contributed by atoms with Crippen LogP contribution in [0.1, 0.15) is 44.1 Å². The van der Waals surface area contributed by atoms with Gasteiger partial charge in [-0.1, -0.05) is 37.8 Å². The van der Waals surface area contributed by atoms with Gasteiger partial charge >= 0.3 is 5.97 Å². The highest BCUT2D eigenvalue weighted by molar-refractivity contribution is 5.81. The van der Waals surface area contributed by atoms with Crippen molar-refractivity contribution < 1.29 is 14.3 Å². The SMILES string of the molecule is O=C(O)C1(c2ccc(F)cc2)CCCCCC1. The van der Waals surface area contributed by atoms with Crippen molar-refractivity contribution in [1.29, 1.82) is 0 Å². The van der Waals surface area contributed by atoms with E-state index in [1.165, 1.54) is 12.1 Å². The summed E-state index contributed by atoms with van der Waals surface area (Å²) in [6.45, 7) is 0. The average molecular weight is 236 g/mol. The van der Waals surface area contributed by atoms with E-state index in [0.29, 0.717) is 12.8 Å². The van der Waals surface area contributed by atoms with Gasteiger partial charge in [0.05, 0.1) is 5.41 Å². The van der Waals surface area contributed by atoms with Gasteiger partial charge in [0.2, 0.25) is 0 Å². The van der Waals surface area contributed by atoms with Crippen molar-refractivity contribution in [2.24, 2.45) is 0 Å². The van der Waals surface area contributed by atoms with Crippen LogP contribution in [0.2, 0.25) is 0 Å². The lowest BCUT2D eigenvalue weighted by molar-refractivity contribution is -0.144. The van der Waals surface area contributed by atoms with E-state index in [4.69, 9.17) is 0 Å². The third-order valence-electron chi connectivity index (χ3n) is 3.76. The third kappa shape index (κ3) is 2.33. The topological polar surface area (TPSA) is 37.3 Å². The van der Waals surface area contributed by atoms with Crippen LogP contribution in [0.25, 0.3) is 0 Å². The Morgan fingerprint density at radius 1 is 1.06 bits per heavy atom. The van der Waals surface area contributed by atoms with Crippen molar-refractivity contribution in [3.63, 3.8) is 0 Å². The number of hydrogen-bond donors (Lipinski definition) is 1. The van der Waals surface area contributed by atoms with Crippen LogP contribution in [0.4, 0.5) is 4.39 Å². The lowest BCUT2D eigenvalue weighted by Crippen LogP contribution is -2.35. The molecule has 1 N–H and O–H groups in total. The maximum absolute atomic E-state index is 12.9. The zero-order valence-corrected chi connectivity index (χ0v) is 9.79. The summed E-state index contributed by atoms with van der Waals surface area (Å²) in [7, 11) is 0. The molecule has 0 radical (unpaired) electrons. The molecule has 0 saturated heterocycles. The smallest absolute Gasteiger partial charge is 0.314 e. The third-order valence-corrected chi connectivity index (χ3v) is 3.76. The van der Waals surface area contributed by atoms with E-state index in [-0.39, 0.29) is 5.82 Å². The van der Waals surface area contributed by atoms with Gasteiger partial charge in [-0.25, -0.2) is 4.39 Å². The molecular formula is C14H17FO2. The van der Waals surface area contributed by atoms with Gasteiger partial charge in [-0.3, -0.25) is 4.79 Å². The number of hydrogen-bond acceptors (Lipinski definition) is 1. The summed E-state index contributed by atoms with van der Waals surface area (Å²) in [5.41, 5.74) is -0.0576. The maximum Gasteiger partial charge on any atom is 0.314 e. The van der Waals surface area contributed by atoms with Crippen molar-refractivity contribution >= 4 is 5.97 Å². The number of halogens is 1. The minimum atomic E-state index is -0.801. The van der Waals surface area contributed by atoms with Crippen LogP contribution < -0.4 is 0 Å². The molecule has 0 aliphatic heterocycles. The highest BCUT2D eigenvalue weighted by atomic mass is 19.1. The Labute approximate surface area is 100 Å². The fourth-order valence-electron chi connectivity index (χ4n) is 2.73.